The topological polar surface area (TPSA) is 14.8 Å². The number of rotatable bonds is 8. The van der Waals surface area contributed by atoms with Gasteiger partial charge in [-0.15, -0.1) is 0 Å². The summed E-state index contributed by atoms with van der Waals surface area (Å²) in [4.78, 5) is 0. The van der Waals surface area contributed by atoms with Gasteiger partial charge in [0, 0.05) is 43.7 Å². The molecule has 0 fully saturated rings. The van der Waals surface area contributed by atoms with Crippen LogP contribution in [0.3, 0.4) is 0 Å². The third-order valence-electron chi connectivity index (χ3n) is 14.8. The van der Waals surface area contributed by atoms with Crippen molar-refractivity contribution in [3.05, 3.63) is 273 Å². The third-order valence-corrected chi connectivity index (χ3v) is 19.6. The number of nitrogens with zero attached hydrogens (tertiary/aromatic N) is 3. The van der Waals surface area contributed by atoms with Gasteiger partial charge in [0.2, 0.25) is 0 Å². The summed E-state index contributed by atoms with van der Waals surface area (Å²) in [6.45, 7) is 0. The van der Waals surface area contributed by atoms with Crippen LogP contribution < -0.4 is 20.7 Å². The molecule has 0 radical (unpaired) electrons. The molecule has 0 atom stereocenters. The van der Waals surface area contributed by atoms with E-state index in [0.29, 0.717) is 0 Å². The highest BCUT2D eigenvalue weighted by molar-refractivity contribution is 7.20. The Kier molecular flexibility index (Phi) is 9.23. The second-order valence-corrected chi connectivity index (χ2v) is 22.2. The molecule has 0 aliphatic heterocycles. The molecule has 0 saturated heterocycles. The van der Waals surface area contributed by atoms with Crippen LogP contribution in [0.4, 0.5) is 0 Å². The molecule has 328 valence electrons. The summed E-state index contributed by atoms with van der Waals surface area (Å²) in [5, 5.41) is 12.8. The Balaban J connectivity index is 1.14. The molecule has 0 saturated carbocycles. The third kappa shape index (κ3) is 5.94. The summed E-state index contributed by atoms with van der Waals surface area (Å²) in [6, 6.07) is 102. The molecule has 11 aromatic carbocycles. The highest BCUT2D eigenvalue weighted by atomic mass is 28.3. The van der Waals surface area contributed by atoms with E-state index in [4.69, 9.17) is 0 Å². The van der Waals surface area contributed by atoms with E-state index in [2.05, 4.69) is 287 Å². The number of hydrogen-bond donors (Lipinski definition) is 0. The smallest absolute Gasteiger partial charge is 0.180 e. The lowest BCUT2D eigenvalue weighted by Crippen LogP contribution is -2.74. The molecule has 3 nitrogen and oxygen atoms in total. The average Bonchev–Trinajstić information content (AvgIpc) is 4.08. The van der Waals surface area contributed by atoms with E-state index in [0.717, 1.165) is 22.6 Å². The van der Waals surface area contributed by atoms with Gasteiger partial charge in [-0.3, -0.25) is 0 Å². The minimum absolute atomic E-state index is 1.12. The predicted octanol–water partition coefficient (Wildman–Crippen LogP) is 14.0. The Morgan fingerprint density at radius 1 is 0.257 bits per heavy atom. The number of aromatic nitrogens is 3. The van der Waals surface area contributed by atoms with Gasteiger partial charge in [0.05, 0.1) is 38.8 Å². The molecule has 0 unspecified atom stereocenters. The normalized spacial score (nSPS) is 12.0. The van der Waals surface area contributed by atoms with Crippen LogP contribution in [-0.2, 0) is 0 Å². The summed E-state index contributed by atoms with van der Waals surface area (Å²) in [6.07, 6.45) is 0. The van der Waals surface area contributed by atoms with Gasteiger partial charge in [0.15, 0.2) is 8.07 Å². The van der Waals surface area contributed by atoms with E-state index in [1.807, 2.05) is 0 Å². The SMILES string of the molecule is c1ccc(-c2ccc(-n3c4ccccc4c4cccc(-n5c6ccc(-n7c8ccccc8c8ccccc87)cc6c6c([Si](c7ccccc7)(c7ccccc7)c7ccccc7)cccc65)c43)cc2)cc1. The Morgan fingerprint density at radius 2 is 0.686 bits per heavy atom. The van der Waals surface area contributed by atoms with Crippen molar-refractivity contribution in [1.29, 1.82) is 0 Å². The molecule has 4 heteroatoms. The zero-order chi connectivity index (χ0) is 46.2. The molecule has 70 heavy (non-hydrogen) atoms. The average molecular weight is 908 g/mol. The Hall–Kier alpha value is -8.96. The fraction of sp³-hybridized carbons (Fsp3) is 0. The second kappa shape index (κ2) is 16.1. The van der Waals surface area contributed by atoms with Gasteiger partial charge in [-0.05, 0) is 92.5 Å². The van der Waals surface area contributed by atoms with Gasteiger partial charge >= 0.3 is 0 Å². The van der Waals surface area contributed by atoms with E-state index in [9.17, 15) is 0 Å². The van der Waals surface area contributed by atoms with Crippen LogP contribution in [0, 0.1) is 0 Å². The first-order valence-corrected chi connectivity index (χ1v) is 26.2. The first-order chi connectivity index (χ1) is 34.8. The van der Waals surface area contributed by atoms with Crippen LogP contribution in [-0.4, -0.2) is 21.8 Å². The second-order valence-electron chi connectivity index (χ2n) is 18.4. The lowest BCUT2D eigenvalue weighted by Gasteiger charge is -2.35. The predicted molar refractivity (Wildman–Crippen MR) is 299 cm³/mol. The van der Waals surface area contributed by atoms with Crippen LogP contribution in [0.15, 0.2) is 273 Å². The fourth-order valence-corrected chi connectivity index (χ4v) is 16.9. The molecule has 3 aromatic heterocycles. The lowest BCUT2D eigenvalue weighted by molar-refractivity contribution is 1.13. The molecule has 0 bridgehead atoms. The molecule has 14 rings (SSSR count). The van der Waals surface area contributed by atoms with E-state index >= 15 is 0 Å². The Morgan fingerprint density at radius 3 is 1.27 bits per heavy atom. The molecule has 0 aliphatic carbocycles. The van der Waals surface area contributed by atoms with Crippen LogP contribution in [0.2, 0.25) is 0 Å². The molecule has 0 N–H and O–H groups in total. The van der Waals surface area contributed by atoms with Gasteiger partial charge in [-0.25, -0.2) is 0 Å². The minimum Gasteiger partial charge on any atom is -0.309 e. The molecule has 0 spiro atoms. The standard InChI is InChI=1S/C66H45N3Si/c1-5-21-46(22-6-1)47-39-41-48(42-40-47)68-60-35-18-15-31-55(60)56-32-19-37-63(66(56)68)69-61-44-43-49(67-58-33-16-13-29-53(58)54-30-14-17-34-59(54)67)45-57(61)65-62(69)36-20-38-64(65)70(50-23-7-2-8-24-50,51-25-9-3-10-26-51)52-27-11-4-12-28-52/h1-45H. The van der Waals surface area contributed by atoms with Crippen molar-refractivity contribution in [3.63, 3.8) is 0 Å². The maximum atomic E-state index is 2.57. The first-order valence-electron chi connectivity index (χ1n) is 24.2. The van der Waals surface area contributed by atoms with Gasteiger partial charge in [0.1, 0.15) is 0 Å². The van der Waals surface area contributed by atoms with Gasteiger partial charge in [0.25, 0.3) is 0 Å². The molecule has 0 amide bonds. The highest BCUT2D eigenvalue weighted by Crippen LogP contribution is 2.41. The lowest BCUT2D eigenvalue weighted by atomic mass is 10.1. The maximum Gasteiger partial charge on any atom is 0.180 e. The van der Waals surface area contributed by atoms with Gasteiger partial charge in [-0.1, -0.05) is 212 Å². The van der Waals surface area contributed by atoms with Crippen molar-refractivity contribution in [1.82, 2.24) is 13.7 Å². The minimum atomic E-state index is -3.04. The van der Waals surface area contributed by atoms with Crippen molar-refractivity contribution in [2.45, 2.75) is 0 Å². The molecule has 3 heterocycles. The highest BCUT2D eigenvalue weighted by Gasteiger charge is 2.43. The summed E-state index contributed by atoms with van der Waals surface area (Å²) in [5.41, 5.74) is 12.9. The number of fused-ring (bicyclic) bond motifs is 9. The van der Waals surface area contributed by atoms with E-state index in [1.165, 1.54) is 91.8 Å². The molecular weight excluding hydrogens is 863 g/mol. The fourth-order valence-electron chi connectivity index (χ4n) is 11.9. The van der Waals surface area contributed by atoms with Crippen molar-refractivity contribution < 1.29 is 0 Å². The summed E-state index contributed by atoms with van der Waals surface area (Å²) < 4.78 is 7.52. The molecule has 14 aromatic rings. The number of para-hydroxylation sites is 4. The summed E-state index contributed by atoms with van der Waals surface area (Å²) in [7, 11) is -3.04. The Labute approximate surface area is 407 Å². The maximum absolute atomic E-state index is 3.04. The Bertz CT molecular complexity index is 4110. The van der Waals surface area contributed by atoms with E-state index in [1.54, 1.807) is 0 Å². The number of benzene rings is 11. The number of hydrogen-bond acceptors (Lipinski definition) is 0. The van der Waals surface area contributed by atoms with Crippen LogP contribution in [0.5, 0.6) is 0 Å². The van der Waals surface area contributed by atoms with E-state index in [-0.39, 0.29) is 0 Å². The van der Waals surface area contributed by atoms with Crippen molar-refractivity contribution in [3.8, 4) is 28.2 Å². The monoisotopic (exact) mass is 907 g/mol. The zero-order valence-electron chi connectivity index (χ0n) is 38.3. The summed E-state index contributed by atoms with van der Waals surface area (Å²) >= 11 is 0. The van der Waals surface area contributed by atoms with Crippen LogP contribution >= 0.6 is 0 Å². The van der Waals surface area contributed by atoms with E-state index < -0.39 is 8.07 Å². The van der Waals surface area contributed by atoms with Gasteiger partial charge in [-0.2, -0.15) is 0 Å². The van der Waals surface area contributed by atoms with Gasteiger partial charge < -0.3 is 13.7 Å². The first kappa shape index (κ1) is 40.1. The quantitative estimate of drug-likeness (QED) is 0.107. The van der Waals surface area contributed by atoms with Crippen LogP contribution in [0.1, 0.15) is 0 Å². The van der Waals surface area contributed by atoms with Crippen LogP contribution in [0.25, 0.3) is 93.6 Å². The van der Waals surface area contributed by atoms with Crippen molar-refractivity contribution in [2.24, 2.45) is 0 Å². The summed E-state index contributed by atoms with van der Waals surface area (Å²) in [5.74, 6) is 0. The van der Waals surface area contributed by atoms with Crippen molar-refractivity contribution >= 4 is 94.2 Å². The zero-order valence-corrected chi connectivity index (χ0v) is 39.3. The van der Waals surface area contributed by atoms with Crippen molar-refractivity contribution in [2.75, 3.05) is 0 Å². The largest absolute Gasteiger partial charge is 0.309 e. The molecular formula is C66H45N3Si. The molecule has 0 aliphatic rings.